The van der Waals surface area contributed by atoms with E-state index in [1.54, 1.807) is 42.7 Å². The molecule has 0 atom stereocenters. The van der Waals surface area contributed by atoms with Crippen LogP contribution in [0.5, 0.6) is 0 Å². The first-order chi connectivity index (χ1) is 16.9. The molecule has 0 spiro atoms. The molecule has 180 valence electrons. The topological polar surface area (TPSA) is 122 Å². The van der Waals surface area contributed by atoms with E-state index in [-0.39, 0.29) is 17.8 Å². The molecule has 2 aromatic carbocycles. The Bertz CT molecular complexity index is 1240. The van der Waals surface area contributed by atoms with Gasteiger partial charge in [0.05, 0.1) is 23.9 Å². The fourth-order valence-electron chi connectivity index (χ4n) is 4.23. The molecule has 10 heteroatoms. The van der Waals surface area contributed by atoms with Gasteiger partial charge in [0.1, 0.15) is 5.54 Å². The number of aromatic nitrogens is 2. The van der Waals surface area contributed by atoms with Crippen LogP contribution in [0.1, 0.15) is 23.2 Å². The lowest BCUT2D eigenvalue weighted by Gasteiger charge is -2.33. The molecular formula is C25H25ClN6O3. The van der Waals surface area contributed by atoms with Gasteiger partial charge in [0, 0.05) is 42.3 Å². The highest BCUT2D eigenvalue weighted by Gasteiger charge is 2.54. The van der Waals surface area contributed by atoms with E-state index in [1.165, 1.54) is 0 Å². The molecule has 5 rings (SSSR count). The van der Waals surface area contributed by atoms with Crippen molar-refractivity contribution in [2.45, 2.75) is 18.4 Å². The molecule has 2 heterocycles. The predicted octanol–water partition coefficient (Wildman–Crippen LogP) is 3.43. The van der Waals surface area contributed by atoms with Crippen molar-refractivity contribution in [3.63, 3.8) is 0 Å². The Morgan fingerprint density at radius 3 is 2.31 bits per heavy atom. The number of ether oxygens (including phenoxy) is 1. The Labute approximate surface area is 207 Å². The number of benzene rings is 2. The number of amides is 2. The maximum Gasteiger partial charge on any atom is 0.255 e. The van der Waals surface area contributed by atoms with E-state index < -0.39 is 5.54 Å². The van der Waals surface area contributed by atoms with Crippen LogP contribution in [0, 0.1) is 0 Å². The second kappa shape index (κ2) is 9.61. The number of anilines is 3. The lowest BCUT2D eigenvalue weighted by atomic mass is 10.1. The van der Waals surface area contributed by atoms with Crippen molar-refractivity contribution in [1.82, 2.24) is 14.9 Å². The molecule has 0 bridgehead atoms. The van der Waals surface area contributed by atoms with E-state index in [1.807, 2.05) is 12.1 Å². The van der Waals surface area contributed by atoms with E-state index in [9.17, 15) is 9.59 Å². The number of morpholine rings is 1. The summed E-state index contributed by atoms with van der Waals surface area (Å²) in [5, 5.41) is 6.19. The van der Waals surface area contributed by atoms with Crippen LogP contribution in [0.2, 0.25) is 5.02 Å². The summed E-state index contributed by atoms with van der Waals surface area (Å²) in [7, 11) is 0. The first kappa shape index (κ1) is 23.2. The van der Waals surface area contributed by atoms with E-state index in [0.29, 0.717) is 35.2 Å². The minimum absolute atomic E-state index is 0.0962. The van der Waals surface area contributed by atoms with Crippen LogP contribution in [0.15, 0.2) is 54.9 Å². The molecule has 0 unspecified atom stereocenters. The van der Waals surface area contributed by atoms with Gasteiger partial charge in [-0.25, -0.2) is 9.97 Å². The first-order valence-corrected chi connectivity index (χ1v) is 11.8. The smallest absolute Gasteiger partial charge is 0.255 e. The number of carbonyl (C=O) groups excluding carboxylic acids is 2. The molecule has 1 saturated heterocycles. The molecule has 35 heavy (non-hydrogen) atoms. The second-order valence-corrected chi connectivity index (χ2v) is 9.05. The van der Waals surface area contributed by atoms with Gasteiger partial charge in [0.2, 0.25) is 11.9 Å². The lowest BCUT2D eigenvalue weighted by Crippen LogP contribution is -2.51. The molecule has 1 aliphatic heterocycles. The Morgan fingerprint density at radius 2 is 1.66 bits per heavy atom. The van der Waals surface area contributed by atoms with Crippen LogP contribution in [0.3, 0.4) is 0 Å². The molecule has 1 aromatic heterocycles. The van der Waals surface area contributed by atoms with Gasteiger partial charge in [-0.3, -0.25) is 14.5 Å². The van der Waals surface area contributed by atoms with Crippen molar-refractivity contribution in [3.8, 4) is 11.1 Å². The van der Waals surface area contributed by atoms with Crippen molar-refractivity contribution < 1.29 is 14.3 Å². The van der Waals surface area contributed by atoms with Gasteiger partial charge in [-0.05, 0) is 48.7 Å². The molecular weight excluding hydrogens is 468 g/mol. The number of nitrogen functional groups attached to an aromatic ring is 1. The van der Waals surface area contributed by atoms with Crippen molar-refractivity contribution in [3.05, 3.63) is 65.4 Å². The molecule has 1 saturated carbocycles. The summed E-state index contributed by atoms with van der Waals surface area (Å²) in [6.07, 6.45) is 4.89. The van der Waals surface area contributed by atoms with E-state index in [0.717, 1.165) is 37.1 Å². The highest BCUT2D eigenvalue weighted by molar-refractivity contribution is 6.34. The summed E-state index contributed by atoms with van der Waals surface area (Å²) >= 11 is 6.35. The molecule has 0 radical (unpaired) electrons. The van der Waals surface area contributed by atoms with Gasteiger partial charge in [-0.1, -0.05) is 23.7 Å². The zero-order valence-electron chi connectivity index (χ0n) is 19.0. The lowest BCUT2D eigenvalue weighted by molar-refractivity contribution is -0.124. The monoisotopic (exact) mass is 492 g/mol. The largest absolute Gasteiger partial charge is 0.379 e. The van der Waals surface area contributed by atoms with Gasteiger partial charge in [-0.2, -0.15) is 0 Å². The van der Waals surface area contributed by atoms with Crippen LogP contribution in [0.25, 0.3) is 11.1 Å². The van der Waals surface area contributed by atoms with Crippen LogP contribution in [-0.2, 0) is 9.53 Å². The van der Waals surface area contributed by atoms with Crippen molar-refractivity contribution >= 4 is 40.7 Å². The van der Waals surface area contributed by atoms with E-state index in [2.05, 4.69) is 25.5 Å². The summed E-state index contributed by atoms with van der Waals surface area (Å²) in [6, 6.07) is 12.2. The number of carbonyl (C=O) groups is 2. The quantitative estimate of drug-likeness (QED) is 0.481. The summed E-state index contributed by atoms with van der Waals surface area (Å²) in [5.74, 6) is -0.194. The van der Waals surface area contributed by atoms with Gasteiger partial charge < -0.3 is 21.1 Å². The molecule has 2 aliphatic rings. The minimum atomic E-state index is -0.511. The summed E-state index contributed by atoms with van der Waals surface area (Å²) < 4.78 is 5.41. The van der Waals surface area contributed by atoms with Gasteiger partial charge in [0.25, 0.3) is 5.91 Å². The zero-order chi connectivity index (χ0) is 24.4. The Morgan fingerprint density at radius 1 is 0.971 bits per heavy atom. The summed E-state index contributed by atoms with van der Waals surface area (Å²) in [6.45, 7) is 2.71. The van der Waals surface area contributed by atoms with Crippen molar-refractivity contribution in [2.24, 2.45) is 0 Å². The van der Waals surface area contributed by atoms with Crippen molar-refractivity contribution in [1.29, 1.82) is 0 Å². The molecule has 9 nitrogen and oxygen atoms in total. The highest BCUT2D eigenvalue weighted by atomic mass is 35.5. The molecule has 4 N–H and O–H groups in total. The Hall–Kier alpha value is -3.53. The van der Waals surface area contributed by atoms with Crippen LogP contribution < -0.4 is 16.4 Å². The average molecular weight is 493 g/mol. The van der Waals surface area contributed by atoms with E-state index >= 15 is 0 Å². The van der Waals surface area contributed by atoms with Gasteiger partial charge in [0.15, 0.2) is 0 Å². The van der Waals surface area contributed by atoms with Crippen LogP contribution in [0.4, 0.5) is 17.3 Å². The third-order valence-corrected chi connectivity index (χ3v) is 6.72. The zero-order valence-corrected chi connectivity index (χ0v) is 19.7. The highest BCUT2D eigenvalue weighted by Crippen LogP contribution is 2.43. The SMILES string of the molecule is Nc1ncc(-c2ccc(NC(=O)c3ccc(Cl)c(NC(=O)C4(N5CCOCC5)CC4)c3)cc2)cn1. The third kappa shape index (κ3) is 4.97. The molecule has 3 aromatic rings. The Balaban J connectivity index is 1.26. The number of nitrogens with one attached hydrogen (secondary N) is 2. The summed E-state index contributed by atoms with van der Waals surface area (Å²) in [5.41, 5.74) is 8.17. The number of hydrogen-bond donors (Lipinski definition) is 3. The molecule has 2 fully saturated rings. The maximum atomic E-state index is 13.1. The second-order valence-electron chi connectivity index (χ2n) is 8.64. The standard InChI is InChI=1S/C25H25ClN6O3/c26-20-6-3-17(13-21(20)31-23(34)25(7-8-25)32-9-11-35-12-10-32)22(33)30-19-4-1-16(2-5-19)18-14-28-24(27)29-15-18/h1-6,13-15H,7-12H2,(H,30,33)(H,31,34)(H2,27,28,29). The van der Waals surface area contributed by atoms with Crippen molar-refractivity contribution in [2.75, 3.05) is 42.7 Å². The normalized spacial score (nSPS) is 16.9. The number of rotatable bonds is 6. The minimum Gasteiger partial charge on any atom is -0.379 e. The average Bonchev–Trinajstić information content (AvgIpc) is 3.69. The first-order valence-electron chi connectivity index (χ1n) is 11.4. The molecule has 1 aliphatic carbocycles. The number of hydrogen-bond acceptors (Lipinski definition) is 7. The third-order valence-electron chi connectivity index (χ3n) is 6.39. The molecule has 2 amide bonds. The fraction of sp³-hybridized carbons (Fsp3) is 0.280. The van der Waals surface area contributed by atoms with Gasteiger partial charge in [-0.15, -0.1) is 0 Å². The predicted molar refractivity (Wildman–Crippen MR) is 134 cm³/mol. The van der Waals surface area contributed by atoms with E-state index in [4.69, 9.17) is 22.1 Å². The number of nitrogens with zero attached hydrogens (tertiary/aromatic N) is 3. The summed E-state index contributed by atoms with van der Waals surface area (Å²) in [4.78, 5) is 36.2. The number of halogens is 1. The Kier molecular flexibility index (Phi) is 6.38. The number of nitrogens with two attached hydrogens (primary N) is 1. The van der Waals surface area contributed by atoms with Crippen LogP contribution >= 0.6 is 11.6 Å². The van der Waals surface area contributed by atoms with Crippen LogP contribution in [-0.4, -0.2) is 58.5 Å². The van der Waals surface area contributed by atoms with Gasteiger partial charge >= 0.3 is 0 Å². The fourth-order valence-corrected chi connectivity index (χ4v) is 4.40. The maximum absolute atomic E-state index is 13.1.